The Labute approximate surface area is 103 Å². The fourth-order valence-corrected chi connectivity index (χ4v) is 2.90. The maximum atomic E-state index is 4.32. The van der Waals surface area contributed by atoms with Crippen LogP contribution in [0.25, 0.3) is 11.4 Å². The molecule has 0 aliphatic heterocycles. The van der Waals surface area contributed by atoms with Crippen molar-refractivity contribution in [1.82, 2.24) is 9.97 Å². The molecule has 0 aliphatic carbocycles. The number of rotatable bonds is 1. The van der Waals surface area contributed by atoms with E-state index in [0.29, 0.717) is 0 Å². The van der Waals surface area contributed by atoms with Crippen LogP contribution in [-0.2, 0) is 0 Å². The lowest BCUT2D eigenvalue weighted by molar-refractivity contribution is 1.12. The van der Waals surface area contributed by atoms with Crippen LogP contribution >= 0.6 is 43.2 Å². The standard InChI is InChI=1S/C9H6Br2N2S/c1-5-6(2-3-14-5)9-12-7(10)4-8(11)13-9/h2-4H,1H3. The minimum atomic E-state index is 0.755. The Bertz CT molecular complexity index is 447. The van der Waals surface area contributed by atoms with Crippen LogP contribution in [0.5, 0.6) is 0 Å². The van der Waals surface area contributed by atoms with E-state index in [2.05, 4.69) is 48.8 Å². The van der Waals surface area contributed by atoms with Gasteiger partial charge in [-0.05, 0) is 50.2 Å². The van der Waals surface area contributed by atoms with Gasteiger partial charge in [0.25, 0.3) is 0 Å². The van der Waals surface area contributed by atoms with Crippen molar-refractivity contribution in [3.63, 3.8) is 0 Å². The van der Waals surface area contributed by atoms with Gasteiger partial charge in [0.15, 0.2) is 5.82 Å². The Morgan fingerprint density at radius 2 is 1.86 bits per heavy atom. The lowest BCUT2D eigenvalue weighted by Gasteiger charge is -2.00. The second kappa shape index (κ2) is 4.08. The van der Waals surface area contributed by atoms with Gasteiger partial charge in [-0.25, -0.2) is 9.97 Å². The maximum Gasteiger partial charge on any atom is 0.162 e. The van der Waals surface area contributed by atoms with Crippen LogP contribution in [0.15, 0.2) is 26.7 Å². The Morgan fingerprint density at radius 3 is 2.36 bits per heavy atom. The van der Waals surface area contributed by atoms with E-state index in [4.69, 9.17) is 0 Å². The third-order valence-corrected chi connectivity index (χ3v) is 3.42. The highest BCUT2D eigenvalue weighted by molar-refractivity contribution is 9.11. The number of thiophene rings is 1. The summed E-state index contributed by atoms with van der Waals surface area (Å²) in [7, 11) is 0. The van der Waals surface area contributed by atoms with Crippen LogP contribution in [-0.4, -0.2) is 9.97 Å². The predicted octanol–water partition coefficient (Wildman–Crippen LogP) is 4.04. The molecule has 2 aromatic rings. The first kappa shape index (κ1) is 10.3. The molecule has 2 aromatic heterocycles. The first-order valence-corrected chi connectivity index (χ1v) is 6.38. The third kappa shape index (κ3) is 2.04. The summed E-state index contributed by atoms with van der Waals surface area (Å²) in [4.78, 5) is 9.87. The fourth-order valence-electron chi connectivity index (χ4n) is 1.13. The Kier molecular flexibility index (Phi) is 2.99. The van der Waals surface area contributed by atoms with Crippen LogP contribution < -0.4 is 0 Å². The van der Waals surface area contributed by atoms with Crippen molar-refractivity contribution in [3.8, 4) is 11.4 Å². The minimum Gasteiger partial charge on any atom is -0.221 e. The molecule has 2 rings (SSSR count). The number of aromatic nitrogens is 2. The van der Waals surface area contributed by atoms with Crippen molar-refractivity contribution in [1.29, 1.82) is 0 Å². The SMILES string of the molecule is Cc1sccc1-c1nc(Br)cc(Br)n1. The Balaban J connectivity index is 2.57. The first-order valence-electron chi connectivity index (χ1n) is 3.91. The van der Waals surface area contributed by atoms with E-state index in [1.54, 1.807) is 11.3 Å². The molecule has 0 bridgehead atoms. The van der Waals surface area contributed by atoms with E-state index in [9.17, 15) is 0 Å². The second-order valence-electron chi connectivity index (χ2n) is 2.73. The summed E-state index contributed by atoms with van der Waals surface area (Å²) in [6, 6.07) is 3.86. The zero-order valence-corrected chi connectivity index (χ0v) is 11.3. The molecule has 2 nitrogen and oxygen atoms in total. The smallest absolute Gasteiger partial charge is 0.162 e. The normalized spacial score (nSPS) is 10.5. The molecule has 0 aliphatic rings. The van der Waals surface area contributed by atoms with Gasteiger partial charge >= 0.3 is 0 Å². The molecule has 0 atom stereocenters. The molecular formula is C9H6Br2N2S. The van der Waals surface area contributed by atoms with Crippen LogP contribution in [0.2, 0.25) is 0 Å². The van der Waals surface area contributed by atoms with Gasteiger partial charge in [0.2, 0.25) is 0 Å². The summed E-state index contributed by atoms with van der Waals surface area (Å²) in [6.07, 6.45) is 0. The molecular weight excluding hydrogens is 328 g/mol. The second-order valence-corrected chi connectivity index (χ2v) is 5.47. The highest BCUT2D eigenvalue weighted by atomic mass is 79.9. The van der Waals surface area contributed by atoms with Crippen LogP contribution in [0.1, 0.15) is 4.88 Å². The van der Waals surface area contributed by atoms with Crippen molar-refractivity contribution in [2.24, 2.45) is 0 Å². The maximum absolute atomic E-state index is 4.32. The molecule has 0 fully saturated rings. The van der Waals surface area contributed by atoms with Crippen LogP contribution in [0.3, 0.4) is 0 Å². The van der Waals surface area contributed by atoms with E-state index in [1.807, 2.05) is 17.5 Å². The predicted molar refractivity (Wildman–Crippen MR) is 65.5 cm³/mol. The summed E-state index contributed by atoms with van der Waals surface area (Å²) < 4.78 is 1.58. The molecule has 0 N–H and O–H groups in total. The van der Waals surface area contributed by atoms with Gasteiger partial charge in [-0.1, -0.05) is 0 Å². The molecule has 0 spiro atoms. The molecule has 2 heterocycles. The van der Waals surface area contributed by atoms with Gasteiger partial charge in [0.05, 0.1) is 0 Å². The molecule has 0 amide bonds. The number of hydrogen-bond acceptors (Lipinski definition) is 3. The number of nitrogens with zero attached hydrogens (tertiary/aromatic N) is 2. The van der Waals surface area contributed by atoms with Gasteiger partial charge in [-0.3, -0.25) is 0 Å². The summed E-state index contributed by atoms with van der Waals surface area (Å²) in [6.45, 7) is 2.07. The first-order chi connectivity index (χ1) is 6.66. The topological polar surface area (TPSA) is 25.8 Å². The lowest BCUT2D eigenvalue weighted by atomic mass is 10.2. The molecule has 5 heteroatoms. The number of aryl methyl sites for hydroxylation is 1. The van der Waals surface area contributed by atoms with E-state index in [-0.39, 0.29) is 0 Å². The average Bonchev–Trinajstić information content (AvgIpc) is 2.49. The van der Waals surface area contributed by atoms with Crippen molar-refractivity contribution < 1.29 is 0 Å². The lowest BCUT2D eigenvalue weighted by Crippen LogP contribution is -1.89. The van der Waals surface area contributed by atoms with Crippen molar-refractivity contribution in [2.45, 2.75) is 6.92 Å². The third-order valence-electron chi connectivity index (χ3n) is 1.76. The minimum absolute atomic E-state index is 0.755. The molecule has 0 unspecified atom stereocenters. The average molecular weight is 334 g/mol. The van der Waals surface area contributed by atoms with E-state index in [0.717, 1.165) is 20.6 Å². The highest BCUT2D eigenvalue weighted by Crippen LogP contribution is 2.26. The highest BCUT2D eigenvalue weighted by Gasteiger charge is 2.07. The van der Waals surface area contributed by atoms with E-state index < -0.39 is 0 Å². The van der Waals surface area contributed by atoms with E-state index in [1.165, 1.54) is 4.88 Å². The van der Waals surface area contributed by atoms with Crippen LogP contribution in [0, 0.1) is 6.92 Å². The summed E-state index contributed by atoms with van der Waals surface area (Å²) >= 11 is 8.39. The van der Waals surface area contributed by atoms with Gasteiger partial charge in [-0.15, -0.1) is 11.3 Å². The molecule has 0 saturated carbocycles. The molecule has 0 aromatic carbocycles. The molecule has 72 valence electrons. The quantitative estimate of drug-likeness (QED) is 0.736. The van der Waals surface area contributed by atoms with Gasteiger partial charge in [0.1, 0.15) is 9.21 Å². The molecule has 0 radical (unpaired) electrons. The monoisotopic (exact) mass is 332 g/mol. The fraction of sp³-hybridized carbons (Fsp3) is 0.111. The zero-order valence-electron chi connectivity index (χ0n) is 7.29. The van der Waals surface area contributed by atoms with Crippen LogP contribution in [0.4, 0.5) is 0 Å². The Morgan fingerprint density at radius 1 is 1.21 bits per heavy atom. The zero-order chi connectivity index (χ0) is 10.1. The van der Waals surface area contributed by atoms with Crippen molar-refractivity contribution in [2.75, 3.05) is 0 Å². The van der Waals surface area contributed by atoms with Gasteiger partial charge < -0.3 is 0 Å². The van der Waals surface area contributed by atoms with Crippen molar-refractivity contribution >= 4 is 43.2 Å². The number of halogens is 2. The summed E-state index contributed by atoms with van der Waals surface area (Å²) in [5.74, 6) is 0.755. The Hall–Kier alpha value is -0.260. The molecule has 0 saturated heterocycles. The van der Waals surface area contributed by atoms with E-state index >= 15 is 0 Å². The summed E-state index contributed by atoms with van der Waals surface area (Å²) in [5, 5.41) is 2.04. The molecule has 14 heavy (non-hydrogen) atoms. The van der Waals surface area contributed by atoms with Gasteiger partial charge in [-0.2, -0.15) is 0 Å². The summed E-state index contributed by atoms with van der Waals surface area (Å²) in [5.41, 5.74) is 1.09. The largest absolute Gasteiger partial charge is 0.221 e. The van der Waals surface area contributed by atoms with Gasteiger partial charge in [0, 0.05) is 16.5 Å². The number of hydrogen-bond donors (Lipinski definition) is 0. The van der Waals surface area contributed by atoms with Crippen molar-refractivity contribution in [3.05, 3.63) is 31.6 Å².